The number of aromatic amines is 1. The Labute approximate surface area is 87.1 Å². The molecule has 0 saturated carbocycles. The molecule has 2 aromatic rings. The highest BCUT2D eigenvalue weighted by molar-refractivity contribution is 5.17. The Morgan fingerprint density at radius 1 is 1.47 bits per heavy atom. The molecule has 0 fully saturated rings. The topological polar surface area (TPSA) is 79.4 Å². The van der Waals surface area contributed by atoms with E-state index in [1.54, 1.807) is 6.20 Å². The summed E-state index contributed by atoms with van der Waals surface area (Å²) in [6.45, 7) is 0.733. The van der Waals surface area contributed by atoms with Gasteiger partial charge >= 0.3 is 0 Å². The predicted octanol–water partition coefficient (Wildman–Crippen LogP) is -0.0540. The Morgan fingerprint density at radius 2 is 2.40 bits per heavy atom. The molecule has 15 heavy (non-hydrogen) atoms. The molecule has 0 radical (unpaired) electrons. The van der Waals surface area contributed by atoms with Crippen molar-refractivity contribution in [3.63, 3.8) is 0 Å². The smallest absolute Gasteiger partial charge is 0.184 e. The molecule has 2 rings (SSSR count). The van der Waals surface area contributed by atoms with Crippen LogP contribution in [0.3, 0.4) is 0 Å². The van der Waals surface area contributed by atoms with Crippen LogP contribution in [0.4, 0.5) is 0 Å². The number of H-pyrrole nitrogens is 1. The van der Waals surface area contributed by atoms with Crippen LogP contribution in [-0.4, -0.2) is 39.2 Å². The third-order valence-corrected chi connectivity index (χ3v) is 2.13. The molecule has 0 saturated heterocycles. The predicted molar refractivity (Wildman–Crippen MR) is 54.2 cm³/mol. The number of rotatable bonds is 4. The summed E-state index contributed by atoms with van der Waals surface area (Å²) in [4.78, 5) is 4.29. The molecule has 2 aromatic heterocycles. The summed E-state index contributed by atoms with van der Waals surface area (Å²) in [5, 5.41) is 17.1. The Bertz CT molecular complexity index is 384. The zero-order valence-electron chi connectivity index (χ0n) is 8.38. The van der Waals surface area contributed by atoms with Crippen LogP contribution < -0.4 is 5.32 Å². The van der Waals surface area contributed by atoms with Crippen molar-refractivity contribution in [3.8, 4) is 0 Å². The van der Waals surface area contributed by atoms with E-state index in [-0.39, 0.29) is 5.92 Å². The molecule has 0 aliphatic rings. The van der Waals surface area contributed by atoms with Crippen LogP contribution in [0.15, 0.2) is 24.4 Å². The second kappa shape index (κ2) is 4.61. The lowest BCUT2D eigenvalue weighted by Crippen LogP contribution is -2.20. The molecular formula is C9H12N6. The Balaban J connectivity index is 2.28. The van der Waals surface area contributed by atoms with Gasteiger partial charge in [-0.15, -0.1) is 10.2 Å². The highest BCUT2D eigenvalue weighted by atomic mass is 15.5. The average molecular weight is 204 g/mol. The maximum Gasteiger partial charge on any atom is 0.184 e. The van der Waals surface area contributed by atoms with E-state index in [4.69, 9.17) is 0 Å². The van der Waals surface area contributed by atoms with Crippen molar-refractivity contribution in [2.75, 3.05) is 13.6 Å². The zero-order chi connectivity index (χ0) is 10.5. The standard InChI is InChI=1S/C9H12N6/c1-10-6-7(9-12-14-15-13-9)8-4-2-3-5-11-8/h2-5,7,10H,6H2,1H3,(H,12,13,14,15). The SMILES string of the molecule is CNCC(c1ccccn1)c1nn[nH]n1. The van der Waals surface area contributed by atoms with Gasteiger partial charge in [0.05, 0.1) is 11.6 Å². The third-order valence-electron chi connectivity index (χ3n) is 2.13. The fourth-order valence-electron chi connectivity index (χ4n) is 1.43. The number of tetrazole rings is 1. The molecule has 78 valence electrons. The maximum atomic E-state index is 4.29. The van der Waals surface area contributed by atoms with Crippen molar-refractivity contribution in [2.24, 2.45) is 0 Å². The Kier molecular flexibility index (Phi) is 2.99. The Morgan fingerprint density at radius 3 is 3.00 bits per heavy atom. The first-order chi connectivity index (χ1) is 7.42. The average Bonchev–Trinajstić information content (AvgIpc) is 2.80. The first-order valence-corrected chi connectivity index (χ1v) is 4.70. The Hall–Kier alpha value is -1.82. The fraction of sp³-hybridized carbons (Fsp3) is 0.333. The molecule has 0 spiro atoms. The van der Waals surface area contributed by atoms with Gasteiger partial charge in [-0.1, -0.05) is 11.3 Å². The summed E-state index contributed by atoms with van der Waals surface area (Å²) >= 11 is 0. The molecule has 0 amide bonds. The van der Waals surface area contributed by atoms with Crippen LogP contribution >= 0.6 is 0 Å². The summed E-state index contributed by atoms with van der Waals surface area (Å²) < 4.78 is 0. The van der Waals surface area contributed by atoms with E-state index in [0.29, 0.717) is 5.82 Å². The molecule has 6 heteroatoms. The van der Waals surface area contributed by atoms with Crippen LogP contribution in [0.25, 0.3) is 0 Å². The van der Waals surface area contributed by atoms with E-state index in [9.17, 15) is 0 Å². The summed E-state index contributed by atoms with van der Waals surface area (Å²) in [5.41, 5.74) is 0.938. The van der Waals surface area contributed by atoms with Gasteiger partial charge in [0, 0.05) is 12.7 Å². The quantitative estimate of drug-likeness (QED) is 0.729. The summed E-state index contributed by atoms with van der Waals surface area (Å²) in [6, 6.07) is 5.79. The van der Waals surface area contributed by atoms with Crippen molar-refractivity contribution in [3.05, 3.63) is 35.9 Å². The normalized spacial score (nSPS) is 12.6. The van der Waals surface area contributed by atoms with E-state index >= 15 is 0 Å². The lowest BCUT2D eigenvalue weighted by Gasteiger charge is -2.11. The molecule has 0 aromatic carbocycles. The molecule has 1 atom stereocenters. The third kappa shape index (κ3) is 2.16. The van der Waals surface area contributed by atoms with Crippen molar-refractivity contribution < 1.29 is 0 Å². The summed E-state index contributed by atoms with van der Waals surface area (Å²) in [7, 11) is 1.88. The molecule has 1 unspecified atom stereocenters. The number of nitrogens with one attached hydrogen (secondary N) is 2. The van der Waals surface area contributed by atoms with Gasteiger partial charge in [0.1, 0.15) is 0 Å². The highest BCUT2D eigenvalue weighted by Crippen LogP contribution is 2.17. The highest BCUT2D eigenvalue weighted by Gasteiger charge is 2.18. The van der Waals surface area contributed by atoms with E-state index in [2.05, 4.69) is 30.9 Å². The van der Waals surface area contributed by atoms with Crippen molar-refractivity contribution in [1.29, 1.82) is 0 Å². The number of hydrogen-bond donors (Lipinski definition) is 2. The van der Waals surface area contributed by atoms with Gasteiger partial charge in [-0.05, 0) is 19.2 Å². The van der Waals surface area contributed by atoms with Gasteiger partial charge in [-0.2, -0.15) is 5.21 Å². The first-order valence-electron chi connectivity index (χ1n) is 4.70. The molecule has 2 heterocycles. The van der Waals surface area contributed by atoms with Crippen LogP contribution in [0.1, 0.15) is 17.4 Å². The maximum absolute atomic E-state index is 4.29. The number of hydrogen-bond acceptors (Lipinski definition) is 5. The van der Waals surface area contributed by atoms with Gasteiger partial charge in [0.25, 0.3) is 0 Å². The van der Waals surface area contributed by atoms with Crippen LogP contribution in [-0.2, 0) is 0 Å². The largest absolute Gasteiger partial charge is 0.319 e. The lowest BCUT2D eigenvalue weighted by molar-refractivity contribution is 0.657. The van der Waals surface area contributed by atoms with Gasteiger partial charge in [-0.25, -0.2) is 0 Å². The molecule has 0 aliphatic carbocycles. The van der Waals surface area contributed by atoms with Crippen LogP contribution in [0, 0.1) is 0 Å². The summed E-state index contributed by atoms with van der Waals surface area (Å²) in [5.74, 6) is 0.693. The molecular weight excluding hydrogens is 192 g/mol. The zero-order valence-corrected chi connectivity index (χ0v) is 8.38. The minimum absolute atomic E-state index is 0.0370. The van der Waals surface area contributed by atoms with Gasteiger partial charge in [-0.3, -0.25) is 4.98 Å². The van der Waals surface area contributed by atoms with Crippen molar-refractivity contribution in [2.45, 2.75) is 5.92 Å². The van der Waals surface area contributed by atoms with E-state index in [1.807, 2.05) is 25.2 Å². The minimum Gasteiger partial charge on any atom is -0.319 e. The van der Waals surface area contributed by atoms with Crippen LogP contribution in [0.2, 0.25) is 0 Å². The lowest BCUT2D eigenvalue weighted by atomic mass is 10.0. The molecule has 6 nitrogen and oxygen atoms in total. The number of pyridine rings is 1. The van der Waals surface area contributed by atoms with Gasteiger partial charge in [0.2, 0.25) is 0 Å². The van der Waals surface area contributed by atoms with Gasteiger partial charge in [0.15, 0.2) is 5.82 Å². The first kappa shape index (κ1) is 9.72. The second-order valence-electron chi connectivity index (χ2n) is 3.13. The fourth-order valence-corrected chi connectivity index (χ4v) is 1.43. The molecule has 0 aliphatic heterocycles. The summed E-state index contributed by atoms with van der Waals surface area (Å²) in [6.07, 6.45) is 1.76. The van der Waals surface area contributed by atoms with Crippen molar-refractivity contribution >= 4 is 0 Å². The minimum atomic E-state index is 0.0370. The van der Waals surface area contributed by atoms with Gasteiger partial charge < -0.3 is 5.32 Å². The number of aromatic nitrogens is 5. The van der Waals surface area contributed by atoms with E-state index in [1.165, 1.54) is 0 Å². The number of nitrogens with zero attached hydrogens (tertiary/aromatic N) is 4. The van der Waals surface area contributed by atoms with E-state index < -0.39 is 0 Å². The van der Waals surface area contributed by atoms with E-state index in [0.717, 1.165) is 12.2 Å². The number of likely N-dealkylation sites (N-methyl/N-ethyl adjacent to an activating group) is 1. The molecule has 2 N–H and O–H groups in total. The second-order valence-corrected chi connectivity index (χ2v) is 3.13. The monoisotopic (exact) mass is 204 g/mol. The van der Waals surface area contributed by atoms with Crippen molar-refractivity contribution in [1.82, 2.24) is 30.9 Å². The molecule has 0 bridgehead atoms. The van der Waals surface area contributed by atoms with Crippen LogP contribution in [0.5, 0.6) is 0 Å².